The maximum absolute atomic E-state index is 12.2. The lowest BCUT2D eigenvalue weighted by Gasteiger charge is -2.37. The van der Waals surface area contributed by atoms with E-state index in [4.69, 9.17) is 9.47 Å². The summed E-state index contributed by atoms with van der Waals surface area (Å²) < 4.78 is 12.0. The first kappa shape index (κ1) is 19.9. The third-order valence-corrected chi connectivity index (χ3v) is 7.37. The molecule has 0 aromatic heterocycles. The van der Waals surface area contributed by atoms with Gasteiger partial charge in [0, 0.05) is 38.3 Å². The predicted molar refractivity (Wildman–Crippen MR) is 124 cm³/mol. The van der Waals surface area contributed by atoms with Gasteiger partial charge >= 0.3 is 0 Å². The number of fused-ring (bicyclic) bond motifs is 3. The van der Waals surface area contributed by atoms with E-state index in [1.807, 2.05) is 12.1 Å². The average Bonchev–Trinajstić information content (AvgIpc) is 3.56. The van der Waals surface area contributed by atoms with E-state index in [0.717, 1.165) is 94.1 Å². The van der Waals surface area contributed by atoms with Gasteiger partial charge in [-0.2, -0.15) is 0 Å². The van der Waals surface area contributed by atoms with Gasteiger partial charge < -0.3 is 19.7 Å². The molecule has 3 aliphatic heterocycles. The highest BCUT2D eigenvalue weighted by Gasteiger charge is 2.52. The Morgan fingerprint density at radius 3 is 2.81 bits per heavy atom. The fraction of sp³-hybridized carbons (Fsp3) is 0.500. The minimum atomic E-state index is -0.0573. The summed E-state index contributed by atoms with van der Waals surface area (Å²) in [6.45, 7) is 6.72. The third kappa shape index (κ3) is 3.60. The number of piperazine rings is 1. The van der Waals surface area contributed by atoms with Crippen molar-refractivity contribution in [3.63, 3.8) is 0 Å². The first-order valence-electron chi connectivity index (χ1n) is 12.0. The van der Waals surface area contributed by atoms with Crippen molar-refractivity contribution in [1.29, 1.82) is 0 Å². The standard InChI is InChI=1S/C26H31N3O3/c30-25-21-18-20(7-8-22(21)26(27-25)9-10-26)31-17-3-11-28-12-14-29(15-13-28)23-6-1-4-19-5-2-16-32-24(19)23/h1,4,6-8,18H,2-3,5,9-17H2,(H,27,30). The zero-order chi connectivity index (χ0) is 21.5. The largest absolute Gasteiger partial charge is 0.494 e. The summed E-state index contributed by atoms with van der Waals surface area (Å²) in [6, 6.07) is 12.6. The van der Waals surface area contributed by atoms with Crippen LogP contribution >= 0.6 is 0 Å². The lowest BCUT2D eigenvalue weighted by molar-refractivity contribution is 0.0952. The van der Waals surface area contributed by atoms with Gasteiger partial charge in [-0.3, -0.25) is 9.69 Å². The zero-order valence-corrected chi connectivity index (χ0v) is 18.6. The van der Waals surface area contributed by atoms with Crippen molar-refractivity contribution in [3.8, 4) is 11.5 Å². The second kappa shape index (κ2) is 8.00. The molecular formula is C26H31N3O3. The van der Waals surface area contributed by atoms with Crippen molar-refractivity contribution < 1.29 is 14.3 Å². The van der Waals surface area contributed by atoms with E-state index >= 15 is 0 Å². The molecule has 1 amide bonds. The van der Waals surface area contributed by atoms with Crippen molar-refractivity contribution in [2.24, 2.45) is 0 Å². The first-order valence-corrected chi connectivity index (χ1v) is 12.0. The summed E-state index contributed by atoms with van der Waals surface area (Å²) in [5.41, 5.74) is 4.50. The molecule has 6 nitrogen and oxygen atoms in total. The fourth-order valence-electron chi connectivity index (χ4n) is 5.40. The summed E-state index contributed by atoms with van der Waals surface area (Å²) in [5, 5.41) is 3.13. The van der Waals surface area contributed by atoms with E-state index < -0.39 is 0 Å². The molecule has 168 valence electrons. The highest BCUT2D eigenvalue weighted by molar-refractivity contribution is 6.01. The predicted octanol–water partition coefficient (Wildman–Crippen LogP) is 3.34. The van der Waals surface area contributed by atoms with Crippen molar-refractivity contribution in [2.75, 3.05) is 50.8 Å². The molecule has 1 saturated carbocycles. The number of para-hydroxylation sites is 1. The van der Waals surface area contributed by atoms with Gasteiger partial charge in [-0.15, -0.1) is 0 Å². The van der Waals surface area contributed by atoms with Crippen molar-refractivity contribution >= 4 is 11.6 Å². The van der Waals surface area contributed by atoms with E-state index in [1.54, 1.807) is 0 Å². The Labute approximate surface area is 189 Å². The number of anilines is 1. The summed E-state index contributed by atoms with van der Waals surface area (Å²) in [5.74, 6) is 1.96. The van der Waals surface area contributed by atoms with Crippen molar-refractivity contribution in [1.82, 2.24) is 10.2 Å². The van der Waals surface area contributed by atoms with Crippen LogP contribution in [-0.2, 0) is 12.0 Å². The molecule has 2 fully saturated rings. The molecule has 1 N–H and O–H groups in total. The topological polar surface area (TPSA) is 54.0 Å². The van der Waals surface area contributed by atoms with Crippen LogP contribution in [0, 0.1) is 0 Å². The van der Waals surface area contributed by atoms with Crippen LogP contribution in [0.2, 0.25) is 0 Å². The number of benzene rings is 2. The summed E-state index contributed by atoms with van der Waals surface area (Å²) in [4.78, 5) is 17.2. The molecule has 32 heavy (non-hydrogen) atoms. The molecule has 1 aliphatic carbocycles. The second-order valence-corrected chi connectivity index (χ2v) is 9.49. The van der Waals surface area contributed by atoms with Crippen LogP contribution in [0.4, 0.5) is 5.69 Å². The Hall–Kier alpha value is -2.73. The molecule has 0 bridgehead atoms. The minimum Gasteiger partial charge on any atom is -0.494 e. The molecule has 0 radical (unpaired) electrons. The van der Waals surface area contributed by atoms with E-state index in [0.29, 0.717) is 6.61 Å². The van der Waals surface area contributed by atoms with Crippen LogP contribution in [0.5, 0.6) is 11.5 Å². The molecular weight excluding hydrogens is 402 g/mol. The van der Waals surface area contributed by atoms with Crippen LogP contribution in [0.3, 0.4) is 0 Å². The highest BCUT2D eigenvalue weighted by atomic mass is 16.5. The van der Waals surface area contributed by atoms with E-state index in [1.165, 1.54) is 11.3 Å². The first-order chi connectivity index (χ1) is 15.7. The van der Waals surface area contributed by atoms with Gasteiger partial charge in [-0.25, -0.2) is 0 Å². The zero-order valence-electron chi connectivity index (χ0n) is 18.6. The van der Waals surface area contributed by atoms with Crippen molar-refractivity contribution in [2.45, 2.75) is 37.6 Å². The number of hydrogen-bond acceptors (Lipinski definition) is 5. The van der Waals surface area contributed by atoms with Crippen LogP contribution < -0.4 is 19.7 Å². The second-order valence-electron chi connectivity index (χ2n) is 9.49. The molecule has 0 unspecified atom stereocenters. The van der Waals surface area contributed by atoms with Crippen LogP contribution in [0.15, 0.2) is 36.4 Å². The number of aryl methyl sites for hydroxylation is 1. The van der Waals surface area contributed by atoms with Gasteiger partial charge in [0.25, 0.3) is 5.91 Å². The fourth-order valence-corrected chi connectivity index (χ4v) is 5.40. The Bertz CT molecular complexity index is 1020. The quantitative estimate of drug-likeness (QED) is 0.709. The molecule has 1 spiro atoms. The van der Waals surface area contributed by atoms with E-state index in [9.17, 15) is 4.79 Å². The number of rotatable bonds is 6. The number of hydrogen-bond donors (Lipinski definition) is 1. The number of nitrogens with one attached hydrogen (secondary N) is 1. The Kier molecular flexibility index (Phi) is 4.98. The maximum Gasteiger partial charge on any atom is 0.252 e. The Morgan fingerprint density at radius 1 is 1.09 bits per heavy atom. The van der Waals surface area contributed by atoms with Gasteiger partial charge in [0.2, 0.25) is 0 Å². The molecule has 2 aromatic carbocycles. The van der Waals surface area contributed by atoms with Gasteiger partial charge in [0.15, 0.2) is 0 Å². The summed E-state index contributed by atoms with van der Waals surface area (Å²) >= 11 is 0. The van der Waals surface area contributed by atoms with Gasteiger partial charge in [-0.1, -0.05) is 18.2 Å². The van der Waals surface area contributed by atoms with Gasteiger partial charge in [0.05, 0.1) is 24.4 Å². The van der Waals surface area contributed by atoms with E-state index in [2.05, 4.69) is 39.4 Å². The van der Waals surface area contributed by atoms with Crippen LogP contribution in [0.1, 0.15) is 47.2 Å². The smallest absolute Gasteiger partial charge is 0.252 e. The number of nitrogens with zero attached hydrogens (tertiary/aromatic N) is 2. The Morgan fingerprint density at radius 2 is 1.97 bits per heavy atom. The monoisotopic (exact) mass is 433 g/mol. The molecule has 1 saturated heterocycles. The van der Waals surface area contributed by atoms with Crippen molar-refractivity contribution in [3.05, 3.63) is 53.1 Å². The molecule has 6 rings (SSSR count). The number of ether oxygens (including phenoxy) is 2. The molecule has 6 heteroatoms. The lowest BCUT2D eigenvalue weighted by Crippen LogP contribution is -2.47. The normalized spacial score (nSPS) is 21.0. The van der Waals surface area contributed by atoms with Gasteiger partial charge in [0.1, 0.15) is 11.5 Å². The van der Waals surface area contributed by atoms with Crippen LogP contribution in [0.25, 0.3) is 0 Å². The minimum absolute atomic E-state index is 0.0471. The molecule has 4 aliphatic rings. The third-order valence-electron chi connectivity index (χ3n) is 7.37. The number of carbonyl (C=O) groups is 1. The summed E-state index contributed by atoms with van der Waals surface area (Å²) in [6.07, 6.45) is 5.33. The highest BCUT2D eigenvalue weighted by Crippen LogP contribution is 2.50. The molecule has 0 atom stereocenters. The van der Waals surface area contributed by atoms with Gasteiger partial charge in [-0.05, 0) is 61.4 Å². The number of amides is 1. The average molecular weight is 434 g/mol. The molecule has 2 aromatic rings. The summed E-state index contributed by atoms with van der Waals surface area (Å²) in [7, 11) is 0. The van der Waals surface area contributed by atoms with E-state index in [-0.39, 0.29) is 11.4 Å². The lowest BCUT2D eigenvalue weighted by atomic mass is 10.0. The maximum atomic E-state index is 12.2. The van der Waals surface area contributed by atoms with Crippen LogP contribution in [-0.4, -0.2) is 56.7 Å². The Balaban J connectivity index is 0.976. The SMILES string of the molecule is O=C1NC2(CC2)c2ccc(OCCCN3CCN(c4cccc5c4OCCC5)CC3)cc21. The number of carbonyl (C=O) groups excluding carboxylic acids is 1. The molecule has 3 heterocycles.